The summed E-state index contributed by atoms with van der Waals surface area (Å²) in [7, 11) is 1.91. The highest BCUT2D eigenvalue weighted by Crippen LogP contribution is 2.20. The Morgan fingerprint density at radius 2 is 2.05 bits per heavy atom. The van der Waals surface area contributed by atoms with Crippen LogP contribution in [0.2, 0.25) is 0 Å². The van der Waals surface area contributed by atoms with Crippen molar-refractivity contribution in [3.63, 3.8) is 0 Å². The summed E-state index contributed by atoms with van der Waals surface area (Å²) in [5.74, 6) is -0.273. The van der Waals surface area contributed by atoms with Crippen molar-refractivity contribution in [3.05, 3.63) is 35.1 Å². The van der Waals surface area contributed by atoms with Gasteiger partial charge in [0.2, 0.25) is 0 Å². The van der Waals surface area contributed by atoms with Gasteiger partial charge in [-0.3, -0.25) is 9.69 Å². The van der Waals surface area contributed by atoms with E-state index in [4.69, 9.17) is 0 Å². The van der Waals surface area contributed by atoms with Gasteiger partial charge < -0.3 is 4.79 Å². The number of likely N-dealkylation sites (tertiary alicyclic amines) is 1. The van der Waals surface area contributed by atoms with Gasteiger partial charge in [0.05, 0.1) is 6.04 Å². The van der Waals surface area contributed by atoms with Gasteiger partial charge in [0.15, 0.2) is 5.78 Å². The molecule has 1 unspecified atom stereocenters. The number of aldehydes is 1. The van der Waals surface area contributed by atoms with Gasteiger partial charge in [0, 0.05) is 18.5 Å². The third-order valence-electron chi connectivity index (χ3n) is 3.74. The number of aryl methyl sites for hydroxylation is 1. The molecule has 1 aromatic rings. The Kier molecular flexibility index (Phi) is 6.42. The van der Waals surface area contributed by atoms with E-state index in [0.29, 0.717) is 17.5 Å². The number of carbonyl (C=O) groups excluding carboxylic acids is 2. The van der Waals surface area contributed by atoms with E-state index in [-0.39, 0.29) is 23.1 Å². The van der Waals surface area contributed by atoms with Crippen molar-refractivity contribution in [1.82, 2.24) is 4.90 Å². The van der Waals surface area contributed by atoms with E-state index in [0.717, 1.165) is 19.3 Å². The minimum Gasteiger partial charge on any atom is -0.303 e. The number of hydrogen-bond acceptors (Lipinski definition) is 3. The third-order valence-corrected chi connectivity index (χ3v) is 3.74. The van der Waals surface area contributed by atoms with Gasteiger partial charge in [-0.2, -0.15) is 0 Å². The summed E-state index contributed by atoms with van der Waals surface area (Å²) in [6.07, 6.45) is 2.50. The highest BCUT2D eigenvalue weighted by molar-refractivity contribution is 6.00. The molecule has 1 heterocycles. The Morgan fingerprint density at radius 3 is 2.36 bits per heavy atom. The number of rotatable bonds is 3. The second-order valence-corrected chi connectivity index (χ2v) is 7.04. The lowest BCUT2D eigenvalue weighted by atomic mass is 9.93. The summed E-state index contributed by atoms with van der Waals surface area (Å²) in [5.41, 5.74) is 1.24. The first-order valence-electron chi connectivity index (χ1n) is 7.60. The van der Waals surface area contributed by atoms with Gasteiger partial charge in [-0.1, -0.05) is 32.9 Å². The summed E-state index contributed by atoms with van der Waals surface area (Å²) in [5, 5.41) is 0. The van der Waals surface area contributed by atoms with Crippen LogP contribution in [0.1, 0.15) is 49.5 Å². The average molecular weight is 307 g/mol. The molecule has 3 nitrogen and oxygen atoms in total. The van der Waals surface area contributed by atoms with Gasteiger partial charge in [0.25, 0.3) is 0 Å². The summed E-state index contributed by atoms with van der Waals surface area (Å²) < 4.78 is 13.3. The molecule has 2 rings (SSSR count). The first-order chi connectivity index (χ1) is 10.2. The van der Waals surface area contributed by atoms with Crippen LogP contribution in [-0.4, -0.2) is 36.6 Å². The number of hydrogen-bond donors (Lipinski definition) is 0. The molecule has 1 aromatic carbocycles. The number of carbonyl (C=O) groups is 2. The number of ketones is 1. The molecule has 0 bridgehead atoms. The van der Waals surface area contributed by atoms with Gasteiger partial charge in [-0.05, 0) is 37.4 Å². The molecule has 0 amide bonds. The zero-order valence-electron chi connectivity index (χ0n) is 14.1. The molecule has 0 N–H and O–H groups in total. The van der Waals surface area contributed by atoms with Gasteiger partial charge in [0.1, 0.15) is 12.1 Å². The second-order valence-electron chi connectivity index (χ2n) is 7.04. The highest BCUT2D eigenvalue weighted by atomic mass is 19.1. The smallest absolute Gasteiger partial charge is 0.180 e. The van der Waals surface area contributed by atoms with Crippen molar-refractivity contribution in [1.29, 1.82) is 0 Å². The predicted octanol–water partition coefficient (Wildman–Crippen LogP) is 3.64. The van der Waals surface area contributed by atoms with Crippen LogP contribution < -0.4 is 0 Å². The molecule has 1 saturated heterocycles. The van der Waals surface area contributed by atoms with Crippen molar-refractivity contribution in [2.45, 2.75) is 46.6 Å². The Hall–Kier alpha value is -1.55. The van der Waals surface area contributed by atoms with E-state index in [2.05, 4.69) is 0 Å². The Morgan fingerprint density at radius 1 is 1.41 bits per heavy atom. The SMILES string of the molecule is CC(C)(C)CC=O.Cc1ccc(C(=O)C2CCN2C)cc1F. The average Bonchev–Trinajstić information content (AvgIpc) is 2.39. The standard InChI is InChI=1S/C12H14FNO.C6H12O/c1-8-3-4-9(7-10(8)13)12(15)11-5-6-14(11)2;1-6(2,3)4-5-7/h3-4,7,11H,5-6H2,1-2H3;5H,4H2,1-3H3. The van der Waals surface area contributed by atoms with Crippen LogP contribution in [0, 0.1) is 18.2 Å². The van der Waals surface area contributed by atoms with E-state index in [1.165, 1.54) is 6.07 Å². The first kappa shape index (κ1) is 18.5. The summed E-state index contributed by atoms with van der Waals surface area (Å²) in [4.78, 5) is 23.7. The van der Waals surface area contributed by atoms with Crippen molar-refractivity contribution in [2.75, 3.05) is 13.6 Å². The zero-order valence-corrected chi connectivity index (χ0v) is 14.1. The third kappa shape index (κ3) is 5.34. The maximum atomic E-state index is 13.3. The molecule has 22 heavy (non-hydrogen) atoms. The van der Waals surface area contributed by atoms with E-state index in [1.54, 1.807) is 19.1 Å². The molecule has 1 aliphatic rings. The van der Waals surface area contributed by atoms with E-state index in [1.807, 2.05) is 32.7 Å². The quantitative estimate of drug-likeness (QED) is 0.632. The number of halogens is 1. The molecule has 0 aromatic heterocycles. The summed E-state index contributed by atoms with van der Waals surface area (Å²) in [6.45, 7) is 8.77. The molecule has 122 valence electrons. The maximum Gasteiger partial charge on any atom is 0.180 e. The van der Waals surface area contributed by atoms with Crippen LogP contribution in [0.4, 0.5) is 4.39 Å². The normalized spacial score (nSPS) is 18.0. The largest absolute Gasteiger partial charge is 0.303 e. The number of nitrogens with zero attached hydrogens (tertiary/aromatic N) is 1. The van der Waals surface area contributed by atoms with Gasteiger partial charge >= 0.3 is 0 Å². The predicted molar refractivity (Wildman–Crippen MR) is 86.6 cm³/mol. The van der Waals surface area contributed by atoms with Crippen LogP contribution in [0.3, 0.4) is 0 Å². The van der Waals surface area contributed by atoms with Crippen LogP contribution in [0.25, 0.3) is 0 Å². The number of benzene rings is 1. The second kappa shape index (κ2) is 7.63. The molecular formula is C18H26FNO2. The van der Waals surface area contributed by atoms with Crippen LogP contribution in [-0.2, 0) is 4.79 Å². The molecule has 0 radical (unpaired) electrons. The Labute approximate surface area is 132 Å². The number of likely N-dealkylation sites (N-methyl/N-ethyl adjacent to an activating group) is 1. The van der Waals surface area contributed by atoms with Crippen molar-refractivity contribution in [3.8, 4) is 0 Å². The minimum absolute atomic E-state index is 0.0302. The summed E-state index contributed by atoms with van der Waals surface area (Å²) >= 11 is 0. The molecule has 0 aliphatic carbocycles. The van der Waals surface area contributed by atoms with E-state index in [9.17, 15) is 14.0 Å². The maximum absolute atomic E-state index is 13.3. The lowest BCUT2D eigenvalue weighted by Gasteiger charge is -2.36. The molecule has 1 fully saturated rings. The lowest BCUT2D eigenvalue weighted by molar-refractivity contribution is -0.109. The topological polar surface area (TPSA) is 37.4 Å². The van der Waals surface area contributed by atoms with Crippen molar-refractivity contribution in [2.24, 2.45) is 5.41 Å². The fourth-order valence-electron chi connectivity index (χ4n) is 2.04. The highest BCUT2D eigenvalue weighted by Gasteiger charge is 2.31. The Bertz CT molecular complexity index is 534. The van der Waals surface area contributed by atoms with Crippen LogP contribution >= 0.6 is 0 Å². The minimum atomic E-state index is -0.303. The first-order valence-corrected chi connectivity index (χ1v) is 7.60. The molecule has 0 saturated carbocycles. The monoisotopic (exact) mass is 307 g/mol. The molecule has 4 heteroatoms. The van der Waals surface area contributed by atoms with E-state index >= 15 is 0 Å². The van der Waals surface area contributed by atoms with Gasteiger partial charge in [-0.25, -0.2) is 4.39 Å². The van der Waals surface area contributed by atoms with Crippen molar-refractivity contribution < 1.29 is 14.0 Å². The molecule has 1 atom stereocenters. The molecular weight excluding hydrogens is 281 g/mol. The van der Waals surface area contributed by atoms with Crippen molar-refractivity contribution >= 4 is 12.1 Å². The van der Waals surface area contributed by atoms with Gasteiger partial charge in [-0.15, -0.1) is 0 Å². The lowest BCUT2D eigenvalue weighted by Crippen LogP contribution is -2.49. The van der Waals surface area contributed by atoms with Crippen LogP contribution in [0.15, 0.2) is 18.2 Å². The Balaban J connectivity index is 0.000000295. The van der Waals surface area contributed by atoms with E-state index < -0.39 is 0 Å². The molecule has 0 spiro atoms. The fourth-order valence-corrected chi connectivity index (χ4v) is 2.04. The summed E-state index contributed by atoms with van der Waals surface area (Å²) in [6, 6.07) is 4.64. The van der Waals surface area contributed by atoms with Crippen LogP contribution in [0.5, 0.6) is 0 Å². The fraction of sp³-hybridized carbons (Fsp3) is 0.556. The molecule has 1 aliphatic heterocycles. The number of Topliss-reactive ketones (excluding diaryl/α,β-unsaturated/α-hetero) is 1. The zero-order chi connectivity index (χ0) is 16.9.